The smallest absolute Gasteiger partial charge is 0.138 e. The summed E-state index contributed by atoms with van der Waals surface area (Å²) >= 11 is 0. The molecule has 0 spiro atoms. The SMILES string of the molecule is CC(=O)C1(CF)CCC(CO)CC1. The highest BCUT2D eigenvalue weighted by atomic mass is 19.1. The molecule has 1 aliphatic carbocycles. The molecule has 3 heteroatoms. The van der Waals surface area contributed by atoms with Crippen molar-refractivity contribution in [2.45, 2.75) is 32.6 Å². The van der Waals surface area contributed by atoms with E-state index in [1.54, 1.807) is 0 Å². The topological polar surface area (TPSA) is 37.3 Å². The Morgan fingerprint density at radius 3 is 2.38 bits per heavy atom. The summed E-state index contributed by atoms with van der Waals surface area (Å²) in [6.45, 7) is 1.10. The molecular weight excluding hydrogens is 171 g/mol. The zero-order chi connectivity index (χ0) is 9.90. The van der Waals surface area contributed by atoms with Gasteiger partial charge in [0.1, 0.15) is 12.5 Å². The van der Waals surface area contributed by atoms with Crippen LogP contribution in [0.1, 0.15) is 32.6 Å². The summed E-state index contributed by atoms with van der Waals surface area (Å²) in [6.07, 6.45) is 2.76. The van der Waals surface area contributed by atoms with Gasteiger partial charge < -0.3 is 5.11 Å². The maximum Gasteiger partial charge on any atom is 0.138 e. The van der Waals surface area contributed by atoms with Crippen LogP contribution in [0.3, 0.4) is 0 Å². The summed E-state index contributed by atoms with van der Waals surface area (Å²) in [4.78, 5) is 11.2. The van der Waals surface area contributed by atoms with Gasteiger partial charge in [0.25, 0.3) is 0 Å². The van der Waals surface area contributed by atoms with Crippen molar-refractivity contribution in [1.29, 1.82) is 0 Å². The van der Waals surface area contributed by atoms with Crippen molar-refractivity contribution in [3.63, 3.8) is 0 Å². The molecule has 0 bridgehead atoms. The fourth-order valence-electron chi connectivity index (χ4n) is 1.99. The Morgan fingerprint density at radius 1 is 1.54 bits per heavy atom. The van der Waals surface area contributed by atoms with Crippen LogP contribution in [0.5, 0.6) is 0 Å². The normalized spacial score (nSPS) is 34.5. The van der Waals surface area contributed by atoms with Gasteiger partial charge in [-0.2, -0.15) is 0 Å². The van der Waals surface area contributed by atoms with E-state index < -0.39 is 12.1 Å². The predicted octanol–water partition coefficient (Wildman–Crippen LogP) is 1.71. The zero-order valence-corrected chi connectivity index (χ0v) is 8.05. The zero-order valence-electron chi connectivity index (χ0n) is 8.05. The lowest BCUT2D eigenvalue weighted by atomic mass is 9.69. The van der Waals surface area contributed by atoms with E-state index in [1.807, 2.05) is 0 Å². The quantitative estimate of drug-likeness (QED) is 0.732. The minimum atomic E-state index is -0.717. The molecule has 0 unspecified atom stereocenters. The van der Waals surface area contributed by atoms with Crippen LogP contribution in [-0.2, 0) is 4.79 Å². The molecule has 0 amide bonds. The highest BCUT2D eigenvalue weighted by molar-refractivity contribution is 5.82. The van der Waals surface area contributed by atoms with E-state index in [2.05, 4.69) is 0 Å². The Morgan fingerprint density at radius 2 is 2.08 bits per heavy atom. The van der Waals surface area contributed by atoms with Crippen LogP contribution >= 0.6 is 0 Å². The monoisotopic (exact) mass is 188 g/mol. The van der Waals surface area contributed by atoms with E-state index in [-0.39, 0.29) is 18.3 Å². The summed E-state index contributed by atoms with van der Waals surface area (Å²) in [5, 5.41) is 8.89. The molecule has 0 aliphatic heterocycles. The Kier molecular flexibility index (Phi) is 3.42. The van der Waals surface area contributed by atoms with Crippen LogP contribution in [0.15, 0.2) is 0 Å². The lowest BCUT2D eigenvalue weighted by Crippen LogP contribution is -2.36. The van der Waals surface area contributed by atoms with Gasteiger partial charge in [-0.25, -0.2) is 0 Å². The highest BCUT2D eigenvalue weighted by Crippen LogP contribution is 2.39. The van der Waals surface area contributed by atoms with Crippen LogP contribution in [-0.4, -0.2) is 24.2 Å². The van der Waals surface area contributed by atoms with E-state index in [9.17, 15) is 9.18 Å². The molecule has 1 saturated carbocycles. The molecule has 0 saturated heterocycles. The fraction of sp³-hybridized carbons (Fsp3) is 0.900. The van der Waals surface area contributed by atoms with Gasteiger partial charge in [0.15, 0.2) is 0 Å². The van der Waals surface area contributed by atoms with E-state index >= 15 is 0 Å². The number of ketones is 1. The molecule has 0 heterocycles. The number of halogens is 1. The van der Waals surface area contributed by atoms with Gasteiger partial charge in [0, 0.05) is 6.61 Å². The summed E-state index contributed by atoms with van der Waals surface area (Å²) < 4.78 is 12.7. The molecule has 1 aliphatic rings. The second-order valence-corrected chi connectivity index (χ2v) is 4.10. The fourth-order valence-corrected chi connectivity index (χ4v) is 1.99. The molecular formula is C10H17FO2. The third-order valence-corrected chi connectivity index (χ3v) is 3.32. The Bertz CT molecular complexity index is 183. The summed E-state index contributed by atoms with van der Waals surface area (Å²) in [5.41, 5.74) is -0.717. The van der Waals surface area contributed by atoms with E-state index in [4.69, 9.17) is 5.11 Å². The first kappa shape index (κ1) is 10.6. The molecule has 1 rings (SSSR count). The van der Waals surface area contributed by atoms with Crippen molar-refractivity contribution < 1.29 is 14.3 Å². The summed E-state index contributed by atoms with van der Waals surface area (Å²) in [6, 6.07) is 0. The third-order valence-electron chi connectivity index (χ3n) is 3.32. The summed E-state index contributed by atoms with van der Waals surface area (Å²) in [7, 11) is 0. The first-order valence-electron chi connectivity index (χ1n) is 4.82. The van der Waals surface area contributed by atoms with Gasteiger partial charge in [-0.15, -0.1) is 0 Å². The van der Waals surface area contributed by atoms with Gasteiger partial charge in [-0.3, -0.25) is 9.18 Å². The van der Waals surface area contributed by atoms with Gasteiger partial charge in [-0.1, -0.05) is 0 Å². The molecule has 0 atom stereocenters. The van der Waals surface area contributed by atoms with Crippen molar-refractivity contribution in [2.24, 2.45) is 11.3 Å². The van der Waals surface area contributed by atoms with E-state index in [1.165, 1.54) is 6.92 Å². The van der Waals surface area contributed by atoms with Crippen molar-refractivity contribution in [1.82, 2.24) is 0 Å². The number of carbonyl (C=O) groups excluding carboxylic acids is 1. The molecule has 76 valence electrons. The van der Waals surface area contributed by atoms with E-state index in [0.29, 0.717) is 12.8 Å². The first-order chi connectivity index (χ1) is 6.14. The molecule has 2 nitrogen and oxygen atoms in total. The average molecular weight is 188 g/mol. The standard InChI is InChI=1S/C10H17FO2/c1-8(13)10(7-11)4-2-9(6-12)3-5-10/h9,12H,2-7H2,1H3. The lowest BCUT2D eigenvalue weighted by Gasteiger charge is -2.35. The lowest BCUT2D eigenvalue weighted by molar-refractivity contribution is -0.130. The van der Waals surface area contributed by atoms with Crippen molar-refractivity contribution in [3.8, 4) is 0 Å². The number of alkyl halides is 1. The Hall–Kier alpha value is -0.440. The van der Waals surface area contributed by atoms with Crippen LogP contribution in [0.4, 0.5) is 4.39 Å². The Balaban J connectivity index is 2.58. The molecule has 0 aromatic carbocycles. The van der Waals surface area contributed by atoms with E-state index in [0.717, 1.165) is 12.8 Å². The molecule has 0 aromatic rings. The second-order valence-electron chi connectivity index (χ2n) is 4.10. The number of aliphatic hydroxyl groups is 1. The number of rotatable bonds is 3. The van der Waals surface area contributed by atoms with Gasteiger partial charge >= 0.3 is 0 Å². The van der Waals surface area contributed by atoms with Gasteiger partial charge in [0.05, 0.1) is 5.41 Å². The molecule has 1 fully saturated rings. The van der Waals surface area contributed by atoms with Gasteiger partial charge in [-0.05, 0) is 38.5 Å². The van der Waals surface area contributed by atoms with Crippen LogP contribution in [0.25, 0.3) is 0 Å². The summed E-state index contributed by atoms with van der Waals surface area (Å²) in [5.74, 6) is 0.241. The number of aliphatic hydroxyl groups excluding tert-OH is 1. The van der Waals surface area contributed by atoms with Gasteiger partial charge in [0.2, 0.25) is 0 Å². The molecule has 0 radical (unpaired) electrons. The van der Waals surface area contributed by atoms with Crippen molar-refractivity contribution in [2.75, 3.05) is 13.3 Å². The van der Waals surface area contributed by atoms with Crippen LogP contribution < -0.4 is 0 Å². The Labute approximate surface area is 78.1 Å². The van der Waals surface area contributed by atoms with Crippen LogP contribution in [0, 0.1) is 11.3 Å². The second kappa shape index (κ2) is 4.18. The van der Waals surface area contributed by atoms with Crippen molar-refractivity contribution >= 4 is 5.78 Å². The average Bonchev–Trinajstić information content (AvgIpc) is 2.17. The minimum Gasteiger partial charge on any atom is -0.396 e. The molecule has 1 N–H and O–H groups in total. The molecule has 0 aromatic heterocycles. The number of hydrogen-bond donors (Lipinski definition) is 1. The third kappa shape index (κ3) is 2.08. The van der Waals surface area contributed by atoms with Crippen molar-refractivity contribution in [3.05, 3.63) is 0 Å². The number of carbonyl (C=O) groups is 1. The maximum absolute atomic E-state index is 12.7. The number of Topliss-reactive ketones (excluding diaryl/α,β-unsaturated/α-hetero) is 1. The maximum atomic E-state index is 12.7. The molecule has 13 heavy (non-hydrogen) atoms. The first-order valence-corrected chi connectivity index (χ1v) is 4.82. The minimum absolute atomic E-state index is 0.0358. The predicted molar refractivity (Wildman–Crippen MR) is 48.1 cm³/mol. The largest absolute Gasteiger partial charge is 0.396 e. The number of hydrogen-bond acceptors (Lipinski definition) is 2. The van der Waals surface area contributed by atoms with Crippen LogP contribution in [0.2, 0.25) is 0 Å². The highest BCUT2D eigenvalue weighted by Gasteiger charge is 2.39.